The molecule has 3 N–H and O–H groups in total. The summed E-state index contributed by atoms with van der Waals surface area (Å²) in [4.78, 5) is 64.4. The predicted octanol–water partition coefficient (Wildman–Crippen LogP) is 4.83. The molecule has 4 heterocycles. The Balaban J connectivity index is 1.84. The van der Waals surface area contributed by atoms with E-state index in [2.05, 4.69) is 0 Å². The van der Waals surface area contributed by atoms with Crippen molar-refractivity contribution in [3.63, 3.8) is 0 Å². The number of carbonyl (C=O) groups is 5. The smallest absolute Gasteiger partial charge is 0.330 e. The minimum atomic E-state index is -2.03. The van der Waals surface area contributed by atoms with Crippen molar-refractivity contribution < 1.29 is 77.2 Å². The van der Waals surface area contributed by atoms with Gasteiger partial charge in [-0.2, -0.15) is 0 Å². The van der Waals surface area contributed by atoms with Gasteiger partial charge in [0.1, 0.15) is 18.3 Å². The average molecular weight is 865 g/mol. The Morgan fingerprint density at radius 3 is 2.08 bits per heavy atom. The van der Waals surface area contributed by atoms with E-state index in [1.165, 1.54) is 26.4 Å². The van der Waals surface area contributed by atoms with Crippen molar-refractivity contribution in [2.75, 3.05) is 14.2 Å². The van der Waals surface area contributed by atoms with E-state index in [1.54, 1.807) is 74.5 Å². The molecule has 4 rings (SSSR count). The highest BCUT2D eigenvalue weighted by Crippen LogP contribution is 2.50. The Morgan fingerprint density at radius 2 is 1.48 bits per heavy atom. The Morgan fingerprint density at radius 1 is 0.869 bits per heavy atom. The molecule has 6 bridgehead atoms. The number of cyclic esters (lactones) is 1. The van der Waals surface area contributed by atoms with Crippen molar-refractivity contribution in [2.24, 2.45) is 16.2 Å². The van der Waals surface area contributed by atoms with Crippen LogP contribution in [0.25, 0.3) is 0 Å². The highest BCUT2D eigenvalue weighted by atomic mass is 16.7. The van der Waals surface area contributed by atoms with Gasteiger partial charge in [-0.25, -0.2) is 9.59 Å². The van der Waals surface area contributed by atoms with Crippen LogP contribution < -0.4 is 0 Å². The van der Waals surface area contributed by atoms with Gasteiger partial charge in [-0.1, -0.05) is 57.9 Å². The van der Waals surface area contributed by atoms with Crippen molar-refractivity contribution in [2.45, 2.75) is 187 Å². The fourth-order valence-electron chi connectivity index (χ4n) is 8.19. The zero-order valence-corrected chi connectivity index (χ0v) is 37.6. The van der Waals surface area contributed by atoms with E-state index in [0.717, 1.165) is 0 Å². The largest absolute Gasteiger partial charge is 0.466 e. The van der Waals surface area contributed by atoms with Crippen LogP contribution in [0.15, 0.2) is 35.5 Å². The first-order chi connectivity index (χ1) is 28.2. The molecule has 0 spiro atoms. The second-order valence-electron chi connectivity index (χ2n) is 19.1. The van der Waals surface area contributed by atoms with E-state index in [-0.39, 0.29) is 57.8 Å². The Hall–Kier alpha value is -3.67. The summed E-state index contributed by atoms with van der Waals surface area (Å²) in [7, 11) is 2.51. The zero-order valence-electron chi connectivity index (χ0n) is 37.6. The number of aliphatic hydroxyl groups excluding tert-OH is 1. The number of rotatable bonds is 6. The predicted molar refractivity (Wildman–Crippen MR) is 218 cm³/mol. The maximum atomic E-state index is 13.6. The van der Waals surface area contributed by atoms with Crippen LogP contribution in [0.4, 0.5) is 0 Å². The monoisotopic (exact) mass is 864 g/mol. The minimum absolute atomic E-state index is 0.0535. The van der Waals surface area contributed by atoms with Gasteiger partial charge < -0.3 is 53.2 Å². The summed E-state index contributed by atoms with van der Waals surface area (Å²) in [5.41, 5.74) is -2.14. The van der Waals surface area contributed by atoms with Gasteiger partial charge in [-0.05, 0) is 47.0 Å². The minimum Gasteiger partial charge on any atom is -0.466 e. The quantitative estimate of drug-likeness (QED) is 0.141. The molecule has 0 unspecified atom stereocenters. The first kappa shape index (κ1) is 50.0. The van der Waals surface area contributed by atoms with Crippen molar-refractivity contribution in [3.05, 3.63) is 35.5 Å². The normalized spacial score (nSPS) is 35.8. The summed E-state index contributed by atoms with van der Waals surface area (Å²) < 4.78 is 46.9. The third-order valence-electron chi connectivity index (χ3n) is 12.3. The van der Waals surface area contributed by atoms with Crippen LogP contribution in [0.2, 0.25) is 0 Å². The van der Waals surface area contributed by atoms with E-state index >= 15 is 0 Å². The van der Waals surface area contributed by atoms with Crippen molar-refractivity contribution in [1.29, 1.82) is 0 Å². The van der Waals surface area contributed by atoms with Crippen LogP contribution in [0.1, 0.15) is 127 Å². The van der Waals surface area contributed by atoms with Gasteiger partial charge in [-0.3, -0.25) is 14.4 Å². The molecular weight excluding hydrogens is 796 g/mol. The topological polar surface area (TPSA) is 220 Å². The SMILES string of the molecule is CCC(=O)O[C@H](C)[C@H]1C[C@@H]2C/C(=C\C(=O)OC)C[C@@](O)(O2)C(C)(C)/C=C\[C@H]2CC(=CC(=O)OC)C[C@@H](C[C@]3(O)O[C@H](C[C@@H](O)CC(=O)O1)C[C@H](OC(=O)C(C)(C)C)C3(C)C)O2. The van der Waals surface area contributed by atoms with Crippen LogP contribution in [0, 0.1) is 16.2 Å². The van der Waals surface area contributed by atoms with E-state index < -0.39 is 113 Å². The highest BCUT2D eigenvalue weighted by molar-refractivity contribution is 5.83. The lowest BCUT2D eigenvalue weighted by Crippen LogP contribution is -2.62. The van der Waals surface area contributed by atoms with E-state index in [4.69, 9.17) is 37.9 Å². The molecule has 3 saturated heterocycles. The van der Waals surface area contributed by atoms with Crippen LogP contribution >= 0.6 is 0 Å². The summed E-state index contributed by atoms with van der Waals surface area (Å²) in [6.45, 7) is 15.2. The summed E-state index contributed by atoms with van der Waals surface area (Å²) in [5.74, 6) is -7.08. The number of hydrogen-bond donors (Lipinski definition) is 3. The maximum Gasteiger partial charge on any atom is 0.330 e. The number of hydrogen-bond acceptors (Lipinski definition) is 16. The standard InChI is InChI=1S/C45H68O16/c1-12-36(47)56-26(2)34-22-31-17-28(19-38(49)55-11)24-44(52,60-31)42(6,7)14-13-30-15-27(18-37(48)54-10)16-33(57-30)25-45(53)43(8,9)35(59-40(51)41(3,4)5)23-32(61-45)20-29(46)21-39(50)58-34/h13-14,18-19,26,29-35,46,52-53H,12,15-17,20-25H2,1-11H3/b14-13-,27-18?,28-19+/t26-,29-,30+,31+,32-,33+,34-,35+,44-,45+/m1/s1. The van der Waals surface area contributed by atoms with Gasteiger partial charge in [0, 0.05) is 56.1 Å². The van der Waals surface area contributed by atoms with Crippen molar-refractivity contribution >= 4 is 29.8 Å². The molecule has 0 aliphatic carbocycles. The molecule has 4 aliphatic rings. The van der Waals surface area contributed by atoms with Crippen LogP contribution in [-0.4, -0.2) is 120 Å². The van der Waals surface area contributed by atoms with E-state index in [1.807, 2.05) is 0 Å². The molecule has 0 saturated carbocycles. The van der Waals surface area contributed by atoms with Gasteiger partial charge in [0.05, 0.1) is 62.0 Å². The van der Waals surface area contributed by atoms with Crippen molar-refractivity contribution in [3.8, 4) is 0 Å². The van der Waals surface area contributed by atoms with Gasteiger partial charge in [0.25, 0.3) is 0 Å². The molecule has 61 heavy (non-hydrogen) atoms. The summed E-state index contributed by atoms with van der Waals surface area (Å²) in [6, 6.07) is 0. The van der Waals surface area contributed by atoms with Crippen LogP contribution in [-0.2, 0) is 61.9 Å². The lowest BCUT2D eigenvalue weighted by Gasteiger charge is -2.54. The number of methoxy groups -OCH3 is 2. The molecular formula is C45H68O16. The summed E-state index contributed by atoms with van der Waals surface area (Å²) in [6.07, 6.45) is -1.73. The van der Waals surface area contributed by atoms with Crippen molar-refractivity contribution in [1.82, 2.24) is 0 Å². The van der Waals surface area contributed by atoms with Crippen LogP contribution in [0.3, 0.4) is 0 Å². The third kappa shape index (κ3) is 12.7. The van der Waals surface area contributed by atoms with Gasteiger partial charge in [0.2, 0.25) is 0 Å². The number of ether oxygens (including phenoxy) is 8. The van der Waals surface area contributed by atoms with E-state index in [9.17, 15) is 39.3 Å². The summed E-state index contributed by atoms with van der Waals surface area (Å²) >= 11 is 0. The second-order valence-corrected chi connectivity index (χ2v) is 19.1. The molecule has 0 aromatic carbocycles. The van der Waals surface area contributed by atoms with Gasteiger partial charge in [0.15, 0.2) is 11.6 Å². The molecule has 0 aromatic rings. The van der Waals surface area contributed by atoms with Gasteiger partial charge in [-0.15, -0.1) is 0 Å². The third-order valence-corrected chi connectivity index (χ3v) is 12.3. The van der Waals surface area contributed by atoms with E-state index in [0.29, 0.717) is 11.1 Å². The molecule has 10 atom stereocenters. The Labute approximate surface area is 359 Å². The lowest BCUT2D eigenvalue weighted by atomic mass is 9.70. The summed E-state index contributed by atoms with van der Waals surface area (Å²) in [5, 5.41) is 36.4. The molecule has 0 radical (unpaired) electrons. The average Bonchev–Trinajstić information content (AvgIpc) is 3.14. The van der Waals surface area contributed by atoms with Gasteiger partial charge >= 0.3 is 29.8 Å². The molecule has 4 aliphatic heterocycles. The fourth-order valence-corrected chi connectivity index (χ4v) is 8.19. The molecule has 344 valence electrons. The highest BCUT2D eigenvalue weighted by Gasteiger charge is 2.58. The first-order valence-electron chi connectivity index (χ1n) is 21.2. The fraction of sp³-hybridized carbons (Fsp3) is 0.756. The molecule has 16 heteroatoms. The molecule has 0 aromatic heterocycles. The Kier molecular flexibility index (Phi) is 16.2. The second kappa shape index (κ2) is 19.8. The first-order valence-corrected chi connectivity index (χ1v) is 21.2. The Bertz CT molecular complexity index is 1700. The maximum absolute atomic E-state index is 13.6. The zero-order chi connectivity index (χ0) is 45.7. The molecule has 16 nitrogen and oxygen atoms in total. The number of carbonyl (C=O) groups excluding carboxylic acids is 5. The lowest BCUT2D eigenvalue weighted by molar-refractivity contribution is -0.349. The van der Waals surface area contributed by atoms with Crippen LogP contribution in [0.5, 0.6) is 0 Å². The molecule has 0 amide bonds. The number of esters is 5. The number of fused-ring (bicyclic) bond motifs is 6. The number of aliphatic hydroxyl groups is 3. The molecule has 3 fully saturated rings.